The van der Waals surface area contributed by atoms with Gasteiger partial charge in [-0.05, 0) is 31.0 Å². The zero-order valence-electron chi connectivity index (χ0n) is 20.1. The minimum Gasteiger partial charge on any atom is -0.387 e. The van der Waals surface area contributed by atoms with E-state index in [0.717, 1.165) is 16.7 Å². The van der Waals surface area contributed by atoms with E-state index < -0.39 is 30.4 Å². The van der Waals surface area contributed by atoms with Crippen LogP contribution >= 0.6 is 0 Å². The Kier molecular flexibility index (Phi) is 6.35. The number of anilines is 1. The second-order valence-electron chi connectivity index (χ2n) is 8.86. The summed E-state index contributed by atoms with van der Waals surface area (Å²) >= 11 is 0. The summed E-state index contributed by atoms with van der Waals surface area (Å²) in [6, 6.07) is 10.0. The number of aryl methyl sites for hydroxylation is 2. The molecule has 4 heterocycles. The van der Waals surface area contributed by atoms with Crippen LogP contribution in [-0.4, -0.2) is 66.0 Å². The van der Waals surface area contributed by atoms with E-state index in [1.807, 2.05) is 38.1 Å². The fourth-order valence-electron chi connectivity index (χ4n) is 4.29. The van der Waals surface area contributed by atoms with Gasteiger partial charge in [0.2, 0.25) is 0 Å². The van der Waals surface area contributed by atoms with E-state index in [1.54, 1.807) is 12.4 Å². The first kappa shape index (κ1) is 23.8. The molecule has 0 radical (unpaired) electrons. The molecule has 5 rings (SSSR count). The van der Waals surface area contributed by atoms with Gasteiger partial charge in [-0.15, -0.1) is 0 Å². The number of ether oxygens (including phenoxy) is 1. The molecular weight excluding hydrogens is 462 g/mol. The summed E-state index contributed by atoms with van der Waals surface area (Å²) in [7, 11) is 1.44. The zero-order valence-corrected chi connectivity index (χ0v) is 20.1. The normalized spacial score (nSPS) is 21.6. The van der Waals surface area contributed by atoms with Crippen LogP contribution in [0.1, 0.15) is 22.9 Å². The van der Waals surface area contributed by atoms with Gasteiger partial charge in [0, 0.05) is 31.5 Å². The van der Waals surface area contributed by atoms with E-state index in [4.69, 9.17) is 14.7 Å². The lowest BCUT2D eigenvalue weighted by atomic mass is 10.1. The van der Waals surface area contributed by atoms with Gasteiger partial charge >= 0.3 is 0 Å². The number of nitrogens with zero attached hydrogens (tertiary/aromatic N) is 5. The number of nitrogens with one attached hydrogen (secondary N) is 2. The Morgan fingerprint density at radius 1 is 1.11 bits per heavy atom. The first-order chi connectivity index (χ1) is 17.4. The topological polar surface area (TPSA) is 147 Å². The second-order valence-corrected chi connectivity index (χ2v) is 8.86. The molecule has 1 aliphatic heterocycles. The SMILES string of the molecule is CNC(=O)[C@@H]1OC(n2cnc3c(NCc4cccc(C)c4)nc(-c4cncc(C)c4)nc32)C(O)C1O. The van der Waals surface area contributed by atoms with E-state index in [1.165, 1.54) is 17.9 Å². The average molecular weight is 490 g/mol. The van der Waals surface area contributed by atoms with Gasteiger partial charge in [0.25, 0.3) is 5.91 Å². The Labute approximate surface area is 207 Å². The monoisotopic (exact) mass is 489 g/mol. The number of aliphatic hydroxyl groups is 2. The number of likely N-dealkylation sites (N-methyl/N-ethyl adjacent to an activating group) is 1. The van der Waals surface area contributed by atoms with Crippen molar-refractivity contribution in [1.82, 2.24) is 29.8 Å². The van der Waals surface area contributed by atoms with Crippen molar-refractivity contribution >= 4 is 22.9 Å². The third kappa shape index (κ3) is 4.39. The number of hydrogen-bond donors (Lipinski definition) is 4. The fourth-order valence-corrected chi connectivity index (χ4v) is 4.29. The molecule has 11 nitrogen and oxygen atoms in total. The Morgan fingerprint density at radius 3 is 2.69 bits per heavy atom. The standard InChI is InChI=1S/C25H27N7O4/c1-13-5-4-6-15(7-13)10-28-22-17-23(31-21(30-22)16-8-14(2)9-27-11-16)32(12-29-17)25-19(34)18(33)20(36-25)24(35)26-3/h4-9,11-12,18-20,25,33-34H,10H2,1-3H3,(H,26,35)(H,28,30,31)/t18?,19?,20-,25?/m1/s1. The van der Waals surface area contributed by atoms with Gasteiger partial charge in [-0.3, -0.25) is 14.3 Å². The summed E-state index contributed by atoms with van der Waals surface area (Å²) in [6.45, 7) is 4.47. The van der Waals surface area contributed by atoms with Crippen molar-refractivity contribution in [3.63, 3.8) is 0 Å². The number of carbonyl (C=O) groups excluding carboxylic acids is 1. The summed E-state index contributed by atoms with van der Waals surface area (Å²) in [6.07, 6.45) is -0.204. The maximum absolute atomic E-state index is 12.1. The Bertz CT molecular complexity index is 1420. The highest BCUT2D eigenvalue weighted by molar-refractivity contribution is 5.85. The van der Waals surface area contributed by atoms with Gasteiger partial charge in [0.05, 0.1) is 6.33 Å². The molecule has 4 N–H and O–H groups in total. The van der Waals surface area contributed by atoms with Crippen LogP contribution in [0.2, 0.25) is 0 Å². The van der Waals surface area contributed by atoms with Crippen molar-refractivity contribution in [1.29, 1.82) is 0 Å². The summed E-state index contributed by atoms with van der Waals surface area (Å²) in [5.41, 5.74) is 4.72. The molecule has 3 aromatic heterocycles. The number of aliphatic hydroxyl groups excluding tert-OH is 2. The zero-order chi connectivity index (χ0) is 25.4. The van der Waals surface area contributed by atoms with Gasteiger partial charge in [-0.1, -0.05) is 29.8 Å². The molecule has 1 aliphatic rings. The third-order valence-corrected chi connectivity index (χ3v) is 6.11. The predicted octanol–water partition coefficient (Wildman–Crippen LogP) is 1.48. The lowest BCUT2D eigenvalue weighted by Crippen LogP contribution is -2.41. The van der Waals surface area contributed by atoms with Crippen LogP contribution in [0.3, 0.4) is 0 Å². The number of benzene rings is 1. The summed E-state index contributed by atoms with van der Waals surface area (Å²) < 4.78 is 7.27. The highest BCUT2D eigenvalue weighted by Crippen LogP contribution is 2.33. The summed E-state index contributed by atoms with van der Waals surface area (Å²) in [5, 5.41) is 26.9. The van der Waals surface area contributed by atoms with E-state index in [0.29, 0.717) is 34.9 Å². The highest BCUT2D eigenvalue weighted by atomic mass is 16.6. The first-order valence-electron chi connectivity index (χ1n) is 11.5. The van der Waals surface area contributed by atoms with Crippen LogP contribution < -0.4 is 10.6 Å². The molecule has 0 spiro atoms. The third-order valence-electron chi connectivity index (χ3n) is 6.11. The minimum absolute atomic E-state index is 0.377. The second kappa shape index (κ2) is 9.61. The Morgan fingerprint density at radius 2 is 1.94 bits per heavy atom. The van der Waals surface area contributed by atoms with Crippen LogP contribution in [0, 0.1) is 13.8 Å². The molecule has 36 heavy (non-hydrogen) atoms. The van der Waals surface area contributed by atoms with E-state index in [9.17, 15) is 15.0 Å². The smallest absolute Gasteiger partial charge is 0.251 e. The summed E-state index contributed by atoms with van der Waals surface area (Å²) in [5.74, 6) is 0.367. The van der Waals surface area contributed by atoms with Crippen LogP contribution in [-0.2, 0) is 16.1 Å². The number of hydrogen-bond acceptors (Lipinski definition) is 9. The molecule has 0 aliphatic carbocycles. The molecule has 186 valence electrons. The Hall–Kier alpha value is -3.93. The van der Waals surface area contributed by atoms with Crippen LogP contribution in [0.5, 0.6) is 0 Å². The number of pyridine rings is 1. The van der Waals surface area contributed by atoms with Gasteiger partial charge in [-0.2, -0.15) is 0 Å². The lowest BCUT2D eigenvalue weighted by Gasteiger charge is -2.17. The van der Waals surface area contributed by atoms with Crippen molar-refractivity contribution in [2.75, 3.05) is 12.4 Å². The molecular formula is C25H27N7O4. The number of carbonyl (C=O) groups is 1. The maximum atomic E-state index is 12.1. The number of rotatable bonds is 6. The molecule has 3 unspecified atom stereocenters. The molecule has 1 aromatic carbocycles. The van der Waals surface area contributed by atoms with E-state index in [2.05, 4.69) is 26.7 Å². The average Bonchev–Trinajstić information content (AvgIpc) is 3.43. The molecule has 0 saturated carbocycles. The van der Waals surface area contributed by atoms with Crippen molar-refractivity contribution in [3.8, 4) is 11.4 Å². The van der Waals surface area contributed by atoms with Crippen LogP contribution in [0.15, 0.2) is 49.1 Å². The number of aromatic nitrogens is 5. The summed E-state index contributed by atoms with van der Waals surface area (Å²) in [4.78, 5) is 30.3. The maximum Gasteiger partial charge on any atom is 0.251 e. The van der Waals surface area contributed by atoms with Crippen molar-refractivity contribution < 1.29 is 19.7 Å². The molecule has 4 atom stereocenters. The lowest BCUT2D eigenvalue weighted by molar-refractivity contribution is -0.137. The minimum atomic E-state index is -1.41. The van der Waals surface area contributed by atoms with Crippen molar-refractivity contribution in [3.05, 3.63) is 65.7 Å². The van der Waals surface area contributed by atoms with Crippen LogP contribution in [0.25, 0.3) is 22.6 Å². The molecule has 1 amide bonds. The number of amides is 1. The van der Waals surface area contributed by atoms with E-state index in [-0.39, 0.29) is 0 Å². The van der Waals surface area contributed by atoms with E-state index >= 15 is 0 Å². The molecule has 0 bridgehead atoms. The Balaban J connectivity index is 1.58. The van der Waals surface area contributed by atoms with Crippen molar-refractivity contribution in [2.24, 2.45) is 0 Å². The first-order valence-corrected chi connectivity index (χ1v) is 11.5. The fraction of sp³-hybridized carbons (Fsp3) is 0.320. The van der Waals surface area contributed by atoms with Gasteiger partial charge in [0.1, 0.15) is 12.2 Å². The van der Waals surface area contributed by atoms with Crippen molar-refractivity contribution in [2.45, 2.75) is 44.9 Å². The van der Waals surface area contributed by atoms with Gasteiger partial charge < -0.3 is 25.6 Å². The molecule has 4 aromatic rings. The largest absolute Gasteiger partial charge is 0.387 e. The van der Waals surface area contributed by atoms with Gasteiger partial charge in [0.15, 0.2) is 35.1 Å². The highest BCUT2D eigenvalue weighted by Gasteiger charge is 2.47. The number of imidazole rings is 1. The van der Waals surface area contributed by atoms with Crippen LogP contribution in [0.4, 0.5) is 5.82 Å². The predicted molar refractivity (Wildman–Crippen MR) is 132 cm³/mol. The molecule has 1 saturated heterocycles. The number of fused-ring (bicyclic) bond motifs is 1. The molecule has 11 heteroatoms. The molecule has 1 fully saturated rings. The quantitative estimate of drug-likeness (QED) is 0.316. The van der Waals surface area contributed by atoms with Gasteiger partial charge in [-0.25, -0.2) is 15.0 Å².